The van der Waals surface area contributed by atoms with E-state index in [4.69, 9.17) is 4.74 Å². The average Bonchev–Trinajstić information content (AvgIpc) is 2.28. The molecule has 0 aromatic heterocycles. The Hall–Kier alpha value is -1.14. The minimum absolute atomic E-state index is 0.00417. The normalized spacial score (nSPS) is 13.3. The van der Waals surface area contributed by atoms with E-state index in [2.05, 4.69) is 0 Å². The maximum absolute atomic E-state index is 13.5. The number of aliphatic hydroxyl groups excluding tert-OH is 1. The maximum Gasteiger partial charge on any atom is 0.153 e. The summed E-state index contributed by atoms with van der Waals surface area (Å²) in [7, 11) is -3.09. The third-order valence-electron chi connectivity index (χ3n) is 2.60. The van der Waals surface area contributed by atoms with E-state index in [1.165, 1.54) is 19.1 Å². The van der Waals surface area contributed by atoms with Crippen LogP contribution in [0.2, 0.25) is 0 Å². The van der Waals surface area contributed by atoms with Gasteiger partial charge in [-0.15, -0.1) is 0 Å². The van der Waals surface area contributed by atoms with E-state index < -0.39 is 21.8 Å². The van der Waals surface area contributed by atoms with Gasteiger partial charge in [-0.2, -0.15) is 0 Å². The van der Waals surface area contributed by atoms with Gasteiger partial charge in [0.25, 0.3) is 0 Å². The Morgan fingerprint density at radius 1 is 1.37 bits per heavy atom. The van der Waals surface area contributed by atoms with Crippen LogP contribution in [0.1, 0.15) is 31.9 Å². The van der Waals surface area contributed by atoms with Gasteiger partial charge in [-0.25, -0.2) is 12.8 Å². The van der Waals surface area contributed by atoms with Crippen LogP contribution in [0.3, 0.4) is 0 Å². The van der Waals surface area contributed by atoms with E-state index in [-0.39, 0.29) is 29.4 Å². The third kappa shape index (κ3) is 5.16. The number of ether oxygens (including phenoxy) is 1. The summed E-state index contributed by atoms with van der Waals surface area (Å²) in [5.41, 5.74) is 0.186. The highest BCUT2D eigenvalue weighted by Gasteiger charge is 2.11. The molecule has 0 saturated carbocycles. The zero-order chi connectivity index (χ0) is 14.5. The van der Waals surface area contributed by atoms with E-state index in [1.54, 1.807) is 6.92 Å². The Labute approximate surface area is 113 Å². The van der Waals surface area contributed by atoms with Crippen molar-refractivity contribution in [2.75, 3.05) is 18.1 Å². The molecule has 19 heavy (non-hydrogen) atoms. The molecule has 0 amide bonds. The van der Waals surface area contributed by atoms with Crippen LogP contribution in [-0.2, 0) is 9.84 Å². The molecule has 0 heterocycles. The van der Waals surface area contributed by atoms with Crippen LogP contribution in [0.15, 0.2) is 18.2 Å². The summed E-state index contributed by atoms with van der Waals surface area (Å²) < 4.78 is 41.6. The van der Waals surface area contributed by atoms with Crippen molar-refractivity contribution in [1.29, 1.82) is 0 Å². The van der Waals surface area contributed by atoms with Crippen LogP contribution in [0.25, 0.3) is 0 Å². The molecule has 1 rings (SSSR count). The van der Waals surface area contributed by atoms with Gasteiger partial charge < -0.3 is 9.84 Å². The Kier molecular flexibility index (Phi) is 5.75. The van der Waals surface area contributed by atoms with Gasteiger partial charge in [0.15, 0.2) is 9.84 Å². The number of halogens is 1. The summed E-state index contributed by atoms with van der Waals surface area (Å²) in [5, 5.41) is 9.28. The second-order valence-corrected chi connectivity index (χ2v) is 6.66. The van der Waals surface area contributed by atoms with Gasteiger partial charge in [0.1, 0.15) is 18.2 Å². The summed E-state index contributed by atoms with van der Waals surface area (Å²) in [5.74, 6) is -0.260. The minimum Gasteiger partial charge on any atom is -0.492 e. The molecular formula is C13H19FO4S. The molecule has 0 aliphatic heterocycles. The highest BCUT2D eigenvalue weighted by atomic mass is 32.2. The number of hydrogen-bond donors (Lipinski definition) is 1. The van der Waals surface area contributed by atoms with E-state index in [9.17, 15) is 17.9 Å². The second kappa shape index (κ2) is 6.86. The van der Waals surface area contributed by atoms with Gasteiger partial charge in [-0.1, -0.05) is 6.92 Å². The molecular weight excluding hydrogens is 271 g/mol. The highest BCUT2D eigenvalue weighted by Crippen LogP contribution is 2.21. The fourth-order valence-corrected chi connectivity index (χ4v) is 2.80. The molecule has 0 aliphatic rings. The predicted molar refractivity (Wildman–Crippen MR) is 71.5 cm³/mol. The van der Waals surface area contributed by atoms with E-state index in [1.807, 2.05) is 0 Å². The lowest BCUT2D eigenvalue weighted by Gasteiger charge is -2.10. The van der Waals surface area contributed by atoms with Crippen LogP contribution >= 0.6 is 0 Å². The summed E-state index contributed by atoms with van der Waals surface area (Å²) in [4.78, 5) is 0. The minimum atomic E-state index is -3.09. The molecule has 0 spiro atoms. The molecule has 1 aromatic carbocycles. The molecule has 1 atom stereocenters. The van der Waals surface area contributed by atoms with Crippen molar-refractivity contribution >= 4 is 9.84 Å². The van der Waals surface area contributed by atoms with Crippen LogP contribution in [-0.4, -0.2) is 31.6 Å². The lowest BCUT2D eigenvalue weighted by molar-refractivity contribution is 0.194. The van der Waals surface area contributed by atoms with Crippen molar-refractivity contribution in [3.63, 3.8) is 0 Å². The maximum atomic E-state index is 13.5. The highest BCUT2D eigenvalue weighted by molar-refractivity contribution is 7.91. The first kappa shape index (κ1) is 15.9. The molecule has 0 fully saturated rings. The number of sulfone groups is 1. The van der Waals surface area contributed by atoms with Gasteiger partial charge in [-0.05, 0) is 25.5 Å². The molecule has 0 aliphatic carbocycles. The molecule has 6 heteroatoms. The van der Waals surface area contributed by atoms with E-state index >= 15 is 0 Å². The Bertz CT molecular complexity index is 511. The monoisotopic (exact) mass is 290 g/mol. The lowest BCUT2D eigenvalue weighted by atomic mass is 10.1. The van der Waals surface area contributed by atoms with E-state index in [0.29, 0.717) is 6.42 Å². The number of hydrogen-bond acceptors (Lipinski definition) is 4. The number of benzene rings is 1. The lowest BCUT2D eigenvalue weighted by Crippen LogP contribution is -2.16. The van der Waals surface area contributed by atoms with Crippen LogP contribution in [0.4, 0.5) is 4.39 Å². The number of rotatable bonds is 7. The fraction of sp³-hybridized carbons (Fsp3) is 0.538. The molecule has 0 bridgehead atoms. The molecule has 0 unspecified atom stereocenters. The van der Waals surface area contributed by atoms with Crippen molar-refractivity contribution in [2.45, 2.75) is 26.4 Å². The van der Waals surface area contributed by atoms with Gasteiger partial charge in [-0.3, -0.25) is 0 Å². The van der Waals surface area contributed by atoms with Crippen molar-refractivity contribution in [3.05, 3.63) is 29.6 Å². The summed E-state index contributed by atoms with van der Waals surface area (Å²) in [6.45, 7) is 3.26. The largest absolute Gasteiger partial charge is 0.492 e. The molecule has 0 saturated heterocycles. The van der Waals surface area contributed by atoms with Crippen LogP contribution in [0.5, 0.6) is 5.75 Å². The molecule has 0 radical (unpaired) electrons. The average molecular weight is 290 g/mol. The topological polar surface area (TPSA) is 63.6 Å². The Balaban J connectivity index is 2.58. The molecule has 108 valence electrons. The number of aliphatic hydroxyl groups is 1. The van der Waals surface area contributed by atoms with Gasteiger partial charge in [0, 0.05) is 11.6 Å². The fourth-order valence-electron chi connectivity index (χ4n) is 1.64. The van der Waals surface area contributed by atoms with Crippen molar-refractivity contribution in [2.24, 2.45) is 0 Å². The first-order chi connectivity index (χ1) is 8.85. The summed E-state index contributed by atoms with van der Waals surface area (Å²) in [6.07, 6.45) is -0.320. The molecule has 4 nitrogen and oxygen atoms in total. The Morgan fingerprint density at radius 3 is 2.58 bits per heavy atom. The quantitative estimate of drug-likeness (QED) is 0.835. The SMILES string of the molecule is CCCS(=O)(=O)CCOc1ccc([C@H](C)O)c(F)c1. The van der Waals surface area contributed by atoms with Crippen molar-refractivity contribution in [1.82, 2.24) is 0 Å². The third-order valence-corrected chi connectivity index (χ3v) is 4.42. The van der Waals surface area contributed by atoms with Gasteiger partial charge >= 0.3 is 0 Å². The predicted octanol–water partition coefficient (Wildman–Crippen LogP) is 2.08. The first-order valence-electron chi connectivity index (χ1n) is 6.16. The smallest absolute Gasteiger partial charge is 0.153 e. The first-order valence-corrected chi connectivity index (χ1v) is 7.98. The van der Waals surface area contributed by atoms with Crippen molar-refractivity contribution < 1.29 is 22.7 Å². The summed E-state index contributed by atoms with van der Waals surface area (Å²) >= 11 is 0. The zero-order valence-corrected chi connectivity index (χ0v) is 11.9. The standard InChI is InChI=1S/C13H19FO4S/c1-3-7-19(16,17)8-6-18-11-4-5-12(10(2)15)13(14)9-11/h4-5,9-10,15H,3,6-8H2,1-2H3/t10-/m0/s1. The zero-order valence-electron chi connectivity index (χ0n) is 11.1. The molecule has 1 aromatic rings. The van der Waals surface area contributed by atoms with Crippen LogP contribution < -0.4 is 4.74 Å². The van der Waals surface area contributed by atoms with E-state index in [0.717, 1.165) is 6.07 Å². The molecule has 1 N–H and O–H groups in total. The van der Waals surface area contributed by atoms with Crippen LogP contribution in [0, 0.1) is 5.82 Å². The van der Waals surface area contributed by atoms with Crippen molar-refractivity contribution in [3.8, 4) is 5.75 Å². The summed E-state index contributed by atoms with van der Waals surface area (Å²) in [6, 6.07) is 4.09. The van der Waals surface area contributed by atoms with Gasteiger partial charge in [0.2, 0.25) is 0 Å². The second-order valence-electron chi connectivity index (χ2n) is 4.36. The van der Waals surface area contributed by atoms with Gasteiger partial charge in [0.05, 0.1) is 17.6 Å². The Morgan fingerprint density at radius 2 is 2.05 bits per heavy atom.